The molecule has 0 aliphatic rings. The van der Waals surface area contributed by atoms with Crippen LogP contribution in [0.25, 0.3) is 0 Å². The van der Waals surface area contributed by atoms with Crippen LogP contribution in [0, 0.1) is 5.82 Å². The Morgan fingerprint density at radius 3 is 2.67 bits per heavy atom. The minimum absolute atomic E-state index is 0.291. The molecule has 0 heterocycles. The lowest BCUT2D eigenvalue weighted by Gasteiger charge is -2.17. The molecule has 0 bridgehead atoms. The Balaban J connectivity index is 3.20. The summed E-state index contributed by atoms with van der Waals surface area (Å²) in [5.74, 6) is -1.33. The van der Waals surface area contributed by atoms with Crippen LogP contribution in [0.15, 0.2) is 22.2 Å². The summed E-state index contributed by atoms with van der Waals surface area (Å²) in [6.45, 7) is 1.79. The van der Waals surface area contributed by atoms with E-state index in [0.717, 1.165) is 12.1 Å². The average molecular weight is 358 g/mol. The minimum Gasteiger partial charge on any atom is -0.409 e. The zero-order valence-electron chi connectivity index (χ0n) is 11.0. The van der Waals surface area contributed by atoms with Gasteiger partial charge in [-0.1, -0.05) is 41.7 Å². The fourth-order valence-electron chi connectivity index (χ4n) is 1.59. The molecule has 0 aromatic heterocycles. The van der Waals surface area contributed by atoms with Crippen LogP contribution in [0.3, 0.4) is 0 Å². The predicted octanol–water partition coefficient (Wildman–Crippen LogP) is 2.33. The van der Waals surface area contributed by atoms with Crippen molar-refractivity contribution in [2.24, 2.45) is 10.9 Å². The van der Waals surface area contributed by atoms with E-state index in [0.29, 0.717) is 12.8 Å². The Bertz CT molecular complexity index is 652. The van der Waals surface area contributed by atoms with Gasteiger partial charge in [-0.25, -0.2) is 17.5 Å². The van der Waals surface area contributed by atoms with Crippen molar-refractivity contribution < 1.29 is 18.0 Å². The Hall–Kier alpha value is -1.09. The number of benzene rings is 1. The largest absolute Gasteiger partial charge is 0.409 e. The van der Waals surface area contributed by atoms with Crippen molar-refractivity contribution in [2.45, 2.75) is 30.7 Å². The van der Waals surface area contributed by atoms with Crippen LogP contribution in [0.2, 0.25) is 10.0 Å². The zero-order chi connectivity index (χ0) is 16.2. The van der Waals surface area contributed by atoms with Gasteiger partial charge in [-0.15, -0.1) is 0 Å². The van der Waals surface area contributed by atoms with Crippen LogP contribution < -0.4 is 10.5 Å². The second kappa shape index (κ2) is 7.26. The third kappa shape index (κ3) is 4.19. The third-order valence-corrected chi connectivity index (χ3v) is 4.92. The molecule has 1 unspecified atom stereocenters. The smallest absolute Gasteiger partial charge is 0.242 e. The van der Waals surface area contributed by atoms with Gasteiger partial charge in [0, 0.05) is 0 Å². The average Bonchev–Trinajstić information content (AvgIpc) is 2.43. The maximum Gasteiger partial charge on any atom is 0.242 e. The van der Waals surface area contributed by atoms with Gasteiger partial charge < -0.3 is 10.9 Å². The molecule has 0 spiro atoms. The number of oxime groups is 1. The first-order chi connectivity index (χ1) is 9.74. The predicted molar refractivity (Wildman–Crippen MR) is 78.8 cm³/mol. The van der Waals surface area contributed by atoms with Gasteiger partial charge in [-0.05, 0) is 18.6 Å². The number of amidine groups is 1. The summed E-state index contributed by atoms with van der Waals surface area (Å²) >= 11 is 11.2. The maximum absolute atomic E-state index is 13.6. The van der Waals surface area contributed by atoms with E-state index in [2.05, 4.69) is 9.88 Å². The van der Waals surface area contributed by atoms with E-state index in [-0.39, 0.29) is 10.9 Å². The van der Waals surface area contributed by atoms with E-state index in [1.54, 1.807) is 6.92 Å². The molecule has 0 saturated carbocycles. The molecule has 1 aromatic rings. The van der Waals surface area contributed by atoms with Gasteiger partial charge in [0.2, 0.25) is 10.0 Å². The first kappa shape index (κ1) is 18.0. The lowest BCUT2D eigenvalue weighted by atomic mass is 10.2. The zero-order valence-corrected chi connectivity index (χ0v) is 13.3. The van der Waals surface area contributed by atoms with Crippen molar-refractivity contribution in [3.63, 3.8) is 0 Å². The van der Waals surface area contributed by atoms with Crippen molar-refractivity contribution in [1.82, 2.24) is 4.72 Å². The highest BCUT2D eigenvalue weighted by Gasteiger charge is 2.26. The fourth-order valence-corrected chi connectivity index (χ4v) is 3.58. The number of sulfonamides is 1. The van der Waals surface area contributed by atoms with E-state index in [1.165, 1.54) is 0 Å². The molecule has 1 rings (SSSR count). The van der Waals surface area contributed by atoms with Crippen LogP contribution in [-0.2, 0) is 10.0 Å². The summed E-state index contributed by atoms with van der Waals surface area (Å²) in [4.78, 5) is -0.474. The quantitative estimate of drug-likeness (QED) is 0.239. The SMILES string of the molecule is CCCC(NS(=O)(=O)c1ccc(Cl)c(F)c1Cl)/C(N)=N/O. The van der Waals surface area contributed by atoms with Crippen molar-refractivity contribution in [3.8, 4) is 0 Å². The third-order valence-electron chi connectivity index (χ3n) is 2.64. The van der Waals surface area contributed by atoms with Gasteiger partial charge in [-0.2, -0.15) is 0 Å². The lowest BCUT2D eigenvalue weighted by Crippen LogP contribution is -2.44. The molecule has 4 N–H and O–H groups in total. The van der Waals surface area contributed by atoms with Crippen molar-refractivity contribution in [3.05, 3.63) is 28.0 Å². The van der Waals surface area contributed by atoms with E-state index >= 15 is 0 Å². The summed E-state index contributed by atoms with van der Waals surface area (Å²) in [6, 6.07) is 1.22. The molecule has 1 aromatic carbocycles. The Morgan fingerprint density at radius 2 is 2.14 bits per heavy atom. The first-order valence-corrected chi connectivity index (χ1v) is 8.11. The highest BCUT2D eigenvalue weighted by Crippen LogP contribution is 2.29. The molecular weight excluding hydrogens is 344 g/mol. The number of halogens is 3. The molecule has 0 aliphatic carbocycles. The number of nitrogens with two attached hydrogens (primary N) is 1. The number of nitrogens with one attached hydrogen (secondary N) is 1. The lowest BCUT2D eigenvalue weighted by molar-refractivity contribution is 0.315. The van der Waals surface area contributed by atoms with Gasteiger partial charge >= 0.3 is 0 Å². The van der Waals surface area contributed by atoms with Gasteiger partial charge in [0.05, 0.1) is 16.1 Å². The van der Waals surface area contributed by atoms with Gasteiger partial charge in [0.15, 0.2) is 11.7 Å². The Labute approximate surface area is 131 Å². The number of hydrogen-bond acceptors (Lipinski definition) is 4. The van der Waals surface area contributed by atoms with Crippen LogP contribution in [-0.4, -0.2) is 25.5 Å². The van der Waals surface area contributed by atoms with Crippen LogP contribution in [0.5, 0.6) is 0 Å². The second-order valence-corrected chi connectivity index (χ2v) is 6.63. The standard InChI is InChI=1S/C11H14Cl2FN3O3S/c1-2-3-7(11(15)16-18)17-21(19,20)8-5-4-6(12)10(14)9(8)13/h4-5,7,17-18H,2-3H2,1H3,(H2,15,16). The van der Waals surface area contributed by atoms with Crippen LogP contribution >= 0.6 is 23.2 Å². The van der Waals surface area contributed by atoms with Gasteiger partial charge in [-0.3, -0.25) is 0 Å². The number of rotatable bonds is 6. The molecular formula is C11H14Cl2FN3O3S. The molecule has 0 fully saturated rings. The topological polar surface area (TPSA) is 105 Å². The summed E-state index contributed by atoms with van der Waals surface area (Å²) < 4.78 is 40.2. The van der Waals surface area contributed by atoms with Crippen LogP contribution in [0.1, 0.15) is 19.8 Å². The van der Waals surface area contributed by atoms with E-state index in [4.69, 9.17) is 34.1 Å². The van der Waals surface area contributed by atoms with E-state index in [9.17, 15) is 12.8 Å². The molecule has 1 atom stereocenters. The normalized spacial score (nSPS) is 14.2. The Morgan fingerprint density at radius 1 is 1.52 bits per heavy atom. The van der Waals surface area contributed by atoms with Crippen molar-refractivity contribution in [2.75, 3.05) is 0 Å². The first-order valence-electron chi connectivity index (χ1n) is 5.87. The molecule has 21 heavy (non-hydrogen) atoms. The summed E-state index contributed by atoms with van der Waals surface area (Å²) in [5, 5.41) is 10.5. The monoisotopic (exact) mass is 357 g/mol. The molecule has 0 radical (unpaired) electrons. The Kier molecular flexibility index (Phi) is 6.21. The molecule has 10 heteroatoms. The summed E-state index contributed by atoms with van der Waals surface area (Å²) in [7, 11) is -4.16. The van der Waals surface area contributed by atoms with Gasteiger partial charge in [0.25, 0.3) is 0 Å². The van der Waals surface area contributed by atoms with E-state index < -0.39 is 31.8 Å². The second-order valence-electron chi connectivity index (χ2n) is 4.16. The van der Waals surface area contributed by atoms with Crippen molar-refractivity contribution >= 4 is 39.1 Å². The highest BCUT2D eigenvalue weighted by molar-refractivity contribution is 7.89. The van der Waals surface area contributed by atoms with E-state index in [1.807, 2.05) is 0 Å². The molecule has 0 amide bonds. The highest BCUT2D eigenvalue weighted by atomic mass is 35.5. The molecule has 0 aliphatic heterocycles. The summed E-state index contributed by atoms with van der Waals surface area (Å²) in [6.07, 6.45) is 0.870. The molecule has 118 valence electrons. The molecule has 6 nitrogen and oxygen atoms in total. The van der Waals surface area contributed by atoms with Gasteiger partial charge in [0.1, 0.15) is 4.90 Å². The number of nitrogens with zero attached hydrogens (tertiary/aromatic N) is 1. The van der Waals surface area contributed by atoms with Crippen LogP contribution in [0.4, 0.5) is 4.39 Å². The van der Waals surface area contributed by atoms with Crippen molar-refractivity contribution in [1.29, 1.82) is 0 Å². The fraction of sp³-hybridized carbons (Fsp3) is 0.364. The number of hydrogen-bond donors (Lipinski definition) is 3. The minimum atomic E-state index is -4.16. The maximum atomic E-state index is 13.6. The summed E-state index contributed by atoms with van der Waals surface area (Å²) in [5.41, 5.74) is 5.43. The molecule has 0 saturated heterocycles.